The largest absolute Gasteiger partial charge is 0.451 e. The Morgan fingerprint density at radius 3 is 2.77 bits per heavy atom. The molecule has 1 aliphatic heterocycles. The molecular formula is C17H21ClN2O2. The van der Waals surface area contributed by atoms with Gasteiger partial charge in [0.15, 0.2) is 5.76 Å². The molecule has 1 aliphatic carbocycles. The van der Waals surface area contributed by atoms with Gasteiger partial charge >= 0.3 is 0 Å². The highest BCUT2D eigenvalue weighted by Crippen LogP contribution is 2.38. The number of nitrogens with zero attached hydrogens (tertiary/aromatic N) is 1. The maximum Gasteiger partial charge on any atom is 0.289 e. The summed E-state index contributed by atoms with van der Waals surface area (Å²) in [6.45, 7) is 3.57. The van der Waals surface area contributed by atoms with Crippen molar-refractivity contribution in [2.24, 2.45) is 17.6 Å². The first kappa shape index (κ1) is 15.4. The fourth-order valence-corrected chi connectivity index (χ4v) is 4.00. The lowest BCUT2D eigenvalue weighted by atomic mass is 9.98. The predicted molar refractivity (Wildman–Crippen MR) is 88.3 cm³/mol. The lowest BCUT2D eigenvalue weighted by Crippen LogP contribution is -2.33. The quantitative estimate of drug-likeness (QED) is 0.878. The molecule has 1 saturated carbocycles. The number of carbonyl (C=O) groups excluding carboxylic acids is 1. The van der Waals surface area contributed by atoms with Crippen molar-refractivity contribution in [2.75, 3.05) is 13.1 Å². The number of furan rings is 1. The molecular weight excluding hydrogens is 300 g/mol. The summed E-state index contributed by atoms with van der Waals surface area (Å²) in [5, 5.41) is 1.02. The van der Waals surface area contributed by atoms with Gasteiger partial charge in [-0.05, 0) is 37.7 Å². The van der Waals surface area contributed by atoms with E-state index >= 15 is 0 Å². The number of amides is 1. The highest BCUT2D eigenvalue weighted by molar-refractivity contribution is 5.99. The van der Waals surface area contributed by atoms with Gasteiger partial charge in [0.2, 0.25) is 0 Å². The first-order valence-electron chi connectivity index (χ1n) is 7.68. The smallest absolute Gasteiger partial charge is 0.289 e. The third-order valence-corrected chi connectivity index (χ3v) is 5.24. The number of likely N-dealkylation sites (tertiary alicyclic amines) is 1. The Morgan fingerprint density at radius 1 is 1.27 bits per heavy atom. The topological polar surface area (TPSA) is 59.5 Å². The fourth-order valence-electron chi connectivity index (χ4n) is 4.00. The molecule has 1 aromatic heterocycles. The van der Waals surface area contributed by atoms with E-state index in [0.29, 0.717) is 17.6 Å². The van der Waals surface area contributed by atoms with E-state index in [1.54, 1.807) is 0 Å². The normalized spacial score (nSPS) is 27.0. The Kier molecular flexibility index (Phi) is 3.91. The molecule has 2 heterocycles. The molecule has 1 aromatic carbocycles. The monoisotopic (exact) mass is 320 g/mol. The summed E-state index contributed by atoms with van der Waals surface area (Å²) in [7, 11) is 0. The molecule has 2 N–H and O–H groups in total. The van der Waals surface area contributed by atoms with Crippen molar-refractivity contribution in [1.29, 1.82) is 0 Å². The van der Waals surface area contributed by atoms with E-state index in [9.17, 15) is 4.79 Å². The van der Waals surface area contributed by atoms with Gasteiger partial charge in [0.1, 0.15) is 5.58 Å². The number of hydrogen-bond donors (Lipinski definition) is 1. The minimum atomic E-state index is 0. The SMILES string of the molecule is Cc1c(C(=O)N2CC3CCC(N)C3C2)oc2ccccc12.Cl. The minimum absolute atomic E-state index is 0. The van der Waals surface area contributed by atoms with Crippen LogP contribution in [-0.4, -0.2) is 29.9 Å². The lowest BCUT2D eigenvalue weighted by Gasteiger charge is -2.17. The lowest BCUT2D eigenvalue weighted by molar-refractivity contribution is 0.0749. The number of halogens is 1. The fraction of sp³-hybridized carbons (Fsp3) is 0.471. The zero-order valence-corrected chi connectivity index (χ0v) is 13.4. The molecule has 22 heavy (non-hydrogen) atoms. The predicted octanol–water partition coefficient (Wildman–Crippen LogP) is 2.97. The van der Waals surface area contributed by atoms with Gasteiger partial charge in [-0.3, -0.25) is 4.79 Å². The van der Waals surface area contributed by atoms with Crippen LogP contribution in [0, 0.1) is 18.8 Å². The zero-order valence-electron chi connectivity index (χ0n) is 12.6. The van der Waals surface area contributed by atoms with Crippen LogP contribution in [0.4, 0.5) is 0 Å². The van der Waals surface area contributed by atoms with Crippen LogP contribution in [-0.2, 0) is 0 Å². The second kappa shape index (κ2) is 5.60. The molecule has 118 valence electrons. The highest BCUT2D eigenvalue weighted by atomic mass is 35.5. The van der Waals surface area contributed by atoms with Crippen molar-refractivity contribution >= 4 is 29.3 Å². The first-order valence-corrected chi connectivity index (χ1v) is 7.68. The van der Waals surface area contributed by atoms with Crippen LogP contribution in [0.25, 0.3) is 11.0 Å². The molecule has 4 rings (SSSR count). The molecule has 1 amide bonds. The van der Waals surface area contributed by atoms with Gasteiger partial charge in [-0.15, -0.1) is 12.4 Å². The average molecular weight is 321 g/mol. The van der Waals surface area contributed by atoms with Gasteiger partial charge in [-0.2, -0.15) is 0 Å². The molecule has 3 unspecified atom stereocenters. The van der Waals surface area contributed by atoms with Crippen LogP contribution in [0.3, 0.4) is 0 Å². The van der Waals surface area contributed by atoms with Gasteiger partial charge in [0.25, 0.3) is 5.91 Å². The van der Waals surface area contributed by atoms with Crippen LogP contribution < -0.4 is 5.73 Å². The van der Waals surface area contributed by atoms with Crippen molar-refractivity contribution in [3.8, 4) is 0 Å². The summed E-state index contributed by atoms with van der Waals surface area (Å²) in [6, 6.07) is 8.06. The summed E-state index contributed by atoms with van der Waals surface area (Å²) in [6.07, 6.45) is 2.25. The van der Waals surface area contributed by atoms with E-state index in [-0.39, 0.29) is 24.4 Å². The molecule has 0 radical (unpaired) electrons. The number of para-hydroxylation sites is 1. The Morgan fingerprint density at radius 2 is 2.05 bits per heavy atom. The van der Waals surface area contributed by atoms with Crippen molar-refractivity contribution in [2.45, 2.75) is 25.8 Å². The van der Waals surface area contributed by atoms with Gasteiger partial charge < -0.3 is 15.1 Å². The molecule has 2 fully saturated rings. The second-order valence-corrected chi connectivity index (χ2v) is 6.43. The Labute approximate surface area is 136 Å². The number of benzene rings is 1. The maximum absolute atomic E-state index is 12.8. The molecule has 1 saturated heterocycles. The summed E-state index contributed by atoms with van der Waals surface area (Å²) in [5.74, 6) is 1.56. The van der Waals surface area contributed by atoms with E-state index in [1.807, 2.05) is 36.1 Å². The molecule has 4 nitrogen and oxygen atoms in total. The maximum atomic E-state index is 12.8. The number of aryl methyl sites for hydroxylation is 1. The van der Waals surface area contributed by atoms with Crippen LogP contribution in [0.5, 0.6) is 0 Å². The first-order chi connectivity index (χ1) is 10.1. The van der Waals surface area contributed by atoms with E-state index < -0.39 is 0 Å². The van der Waals surface area contributed by atoms with Gasteiger partial charge in [-0.1, -0.05) is 18.2 Å². The van der Waals surface area contributed by atoms with Crippen LogP contribution >= 0.6 is 12.4 Å². The third kappa shape index (κ3) is 2.22. The Balaban J connectivity index is 0.00000144. The van der Waals surface area contributed by atoms with Crippen LogP contribution in [0.1, 0.15) is 29.0 Å². The molecule has 3 atom stereocenters. The standard InChI is InChI=1S/C17H20N2O2.ClH/c1-10-12-4-2-3-5-15(12)21-16(10)17(20)19-8-11-6-7-14(18)13(11)9-19;/h2-5,11,13-14H,6-9,18H2,1H3;1H. The summed E-state index contributed by atoms with van der Waals surface area (Å²) < 4.78 is 5.80. The number of hydrogen-bond acceptors (Lipinski definition) is 3. The van der Waals surface area contributed by atoms with Crippen molar-refractivity contribution < 1.29 is 9.21 Å². The summed E-state index contributed by atoms with van der Waals surface area (Å²) in [5.41, 5.74) is 7.88. The number of carbonyl (C=O) groups is 1. The van der Waals surface area contributed by atoms with E-state index in [1.165, 1.54) is 0 Å². The third-order valence-electron chi connectivity index (χ3n) is 5.24. The summed E-state index contributed by atoms with van der Waals surface area (Å²) in [4.78, 5) is 14.7. The van der Waals surface area contributed by atoms with E-state index in [0.717, 1.165) is 42.5 Å². The van der Waals surface area contributed by atoms with Gasteiger partial charge in [0.05, 0.1) is 0 Å². The van der Waals surface area contributed by atoms with Gasteiger partial charge in [0, 0.05) is 30.1 Å². The Hall–Kier alpha value is -1.52. The molecule has 2 aromatic rings. The number of fused-ring (bicyclic) bond motifs is 2. The summed E-state index contributed by atoms with van der Waals surface area (Å²) >= 11 is 0. The number of nitrogens with two attached hydrogens (primary N) is 1. The minimum Gasteiger partial charge on any atom is -0.451 e. The molecule has 5 heteroatoms. The van der Waals surface area contributed by atoms with Crippen molar-refractivity contribution in [3.05, 3.63) is 35.6 Å². The Bertz CT molecular complexity index is 712. The van der Waals surface area contributed by atoms with E-state index in [2.05, 4.69) is 0 Å². The number of rotatable bonds is 1. The van der Waals surface area contributed by atoms with E-state index in [4.69, 9.17) is 10.2 Å². The molecule has 0 spiro atoms. The van der Waals surface area contributed by atoms with Crippen molar-refractivity contribution in [1.82, 2.24) is 4.90 Å². The highest BCUT2D eigenvalue weighted by Gasteiger charge is 2.43. The van der Waals surface area contributed by atoms with Crippen LogP contribution in [0.2, 0.25) is 0 Å². The zero-order chi connectivity index (χ0) is 14.6. The molecule has 0 bridgehead atoms. The molecule has 2 aliphatic rings. The van der Waals surface area contributed by atoms with Crippen LogP contribution in [0.15, 0.2) is 28.7 Å². The average Bonchev–Trinajstić information content (AvgIpc) is 3.15. The van der Waals surface area contributed by atoms with Gasteiger partial charge in [-0.25, -0.2) is 0 Å². The van der Waals surface area contributed by atoms with Crippen molar-refractivity contribution in [3.63, 3.8) is 0 Å². The second-order valence-electron chi connectivity index (χ2n) is 6.43.